The highest BCUT2D eigenvalue weighted by Gasteiger charge is 2.15. The van der Waals surface area contributed by atoms with Gasteiger partial charge < -0.3 is 19.5 Å². The zero-order valence-electron chi connectivity index (χ0n) is 9.64. The van der Waals surface area contributed by atoms with Crippen LogP contribution in [0.5, 0.6) is 5.75 Å². The zero-order valence-corrected chi connectivity index (χ0v) is 9.64. The Labute approximate surface area is 96.0 Å². The van der Waals surface area contributed by atoms with Crippen molar-refractivity contribution in [3.8, 4) is 5.75 Å². The molecule has 0 atom stereocenters. The summed E-state index contributed by atoms with van der Waals surface area (Å²) >= 11 is 0. The average molecular weight is 224 g/mol. The van der Waals surface area contributed by atoms with E-state index in [0.717, 1.165) is 12.0 Å². The second-order valence-corrected chi connectivity index (χ2v) is 3.34. The summed E-state index contributed by atoms with van der Waals surface area (Å²) in [6.07, 6.45) is 0.749. The summed E-state index contributed by atoms with van der Waals surface area (Å²) in [7, 11) is -1.47. The van der Waals surface area contributed by atoms with Gasteiger partial charge in [-0.3, -0.25) is 0 Å². The summed E-state index contributed by atoms with van der Waals surface area (Å²) in [6.45, 7) is 4.60. The Balaban J connectivity index is 2.77. The van der Waals surface area contributed by atoms with Crippen molar-refractivity contribution in [1.29, 1.82) is 0 Å². The minimum Gasteiger partial charge on any atom is -0.468 e. The van der Waals surface area contributed by atoms with Crippen LogP contribution < -0.4 is 10.2 Å². The number of rotatable bonds is 6. The van der Waals surface area contributed by atoms with E-state index in [1.54, 1.807) is 12.1 Å². The van der Waals surface area contributed by atoms with E-state index < -0.39 is 7.12 Å². The van der Waals surface area contributed by atoms with Gasteiger partial charge in [0.05, 0.1) is 0 Å². The second-order valence-electron chi connectivity index (χ2n) is 3.34. The quantitative estimate of drug-likeness (QED) is 0.414. The zero-order chi connectivity index (χ0) is 12.0. The lowest BCUT2D eigenvalue weighted by molar-refractivity contribution is 0.0224. The smallest absolute Gasteiger partial charge is 0.468 e. The molecule has 0 saturated heterocycles. The van der Waals surface area contributed by atoms with E-state index in [0.29, 0.717) is 17.8 Å². The van der Waals surface area contributed by atoms with Gasteiger partial charge in [0.25, 0.3) is 0 Å². The first kappa shape index (κ1) is 13.0. The van der Waals surface area contributed by atoms with Crippen molar-refractivity contribution in [2.45, 2.75) is 20.3 Å². The third kappa shape index (κ3) is 3.52. The Morgan fingerprint density at radius 1 is 1.25 bits per heavy atom. The van der Waals surface area contributed by atoms with E-state index in [2.05, 4.69) is 0 Å². The molecule has 0 unspecified atom stereocenters. The van der Waals surface area contributed by atoms with Crippen LogP contribution in [0.25, 0.3) is 0 Å². The minimum atomic E-state index is -1.47. The molecular weight excluding hydrogens is 207 g/mol. The van der Waals surface area contributed by atoms with Crippen molar-refractivity contribution in [2.75, 3.05) is 13.4 Å². The van der Waals surface area contributed by atoms with E-state index in [4.69, 9.17) is 9.47 Å². The third-order valence-electron chi connectivity index (χ3n) is 2.29. The Bertz CT molecular complexity index is 328. The third-order valence-corrected chi connectivity index (χ3v) is 2.29. The van der Waals surface area contributed by atoms with Crippen LogP contribution in [-0.2, 0) is 11.2 Å². The first-order valence-electron chi connectivity index (χ1n) is 5.38. The molecule has 0 spiro atoms. The van der Waals surface area contributed by atoms with Crippen LogP contribution in [0.3, 0.4) is 0 Å². The molecule has 0 heterocycles. The Morgan fingerprint density at radius 2 is 2.00 bits per heavy atom. The van der Waals surface area contributed by atoms with Crippen LogP contribution in [0, 0.1) is 0 Å². The fraction of sp³-hybridized carbons (Fsp3) is 0.455. The highest BCUT2D eigenvalue weighted by atomic mass is 16.7. The predicted octanol–water partition coefficient (Wildman–Crippen LogP) is 0.302. The lowest BCUT2D eigenvalue weighted by Crippen LogP contribution is -2.33. The van der Waals surface area contributed by atoms with Gasteiger partial charge in [-0.2, -0.15) is 0 Å². The molecule has 88 valence electrons. The normalized spacial score (nSPS) is 10.2. The van der Waals surface area contributed by atoms with Gasteiger partial charge >= 0.3 is 7.12 Å². The predicted molar refractivity (Wildman–Crippen MR) is 62.8 cm³/mol. The molecule has 2 N–H and O–H groups in total. The number of benzene rings is 1. The van der Waals surface area contributed by atoms with E-state index in [-0.39, 0.29) is 6.79 Å². The molecule has 0 aliphatic heterocycles. The molecule has 0 amide bonds. The molecule has 0 aliphatic rings. The molecule has 0 bridgehead atoms. The topological polar surface area (TPSA) is 58.9 Å². The first-order chi connectivity index (χ1) is 7.69. The maximum Gasteiger partial charge on any atom is 0.488 e. The molecule has 16 heavy (non-hydrogen) atoms. The Kier molecular flexibility index (Phi) is 5.32. The maximum absolute atomic E-state index is 9.20. The molecular formula is C11H17BO4. The summed E-state index contributed by atoms with van der Waals surface area (Å²) in [5.41, 5.74) is 1.38. The summed E-state index contributed by atoms with van der Waals surface area (Å²) < 4.78 is 10.3. The van der Waals surface area contributed by atoms with Crippen molar-refractivity contribution >= 4 is 12.6 Å². The maximum atomic E-state index is 9.20. The molecule has 1 aromatic carbocycles. The van der Waals surface area contributed by atoms with Crippen LogP contribution in [-0.4, -0.2) is 30.6 Å². The van der Waals surface area contributed by atoms with E-state index >= 15 is 0 Å². The van der Waals surface area contributed by atoms with Gasteiger partial charge in [-0.1, -0.05) is 13.0 Å². The van der Waals surface area contributed by atoms with Gasteiger partial charge in [0.2, 0.25) is 0 Å². The summed E-state index contributed by atoms with van der Waals surface area (Å²) in [5.74, 6) is 0.578. The van der Waals surface area contributed by atoms with Gasteiger partial charge in [-0.05, 0) is 36.5 Å². The first-order valence-corrected chi connectivity index (χ1v) is 5.38. The van der Waals surface area contributed by atoms with E-state index in [9.17, 15) is 10.0 Å². The lowest BCUT2D eigenvalue weighted by Gasteiger charge is -2.11. The Morgan fingerprint density at radius 3 is 2.56 bits per heavy atom. The van der Waals surface area contributed by atoms with Crippen LogP contribution in [0.2, 0.25) is 0 Å². The molecule has 1 rings (SSSR count). The molecule has 1 aromatic rings. The Hall–Kier alpha value is -1.04. The summed E-state index contributed by atoms with van der Waals surface area (Å²) in [6, 6.07) is 5.25. The molecule has 0 fully saturated rings. The fourth-order valence-corrected chi connectivity index (χ4v) is 1.42. The molecule has 0 saturated carbocycles. The largest absolute Gasteiger partial charge is 0.488 e. The van der Waals surface area contributed by atoms with Gasteiger partial charge in [0.15, 0.2) is 6.79 Å². The number of hydrogen-bond acceptors (Lipinski definition) is 4. The van der Waals surface area contributed by atoms with Crippen LogP contribution in [0.4, 0.5) is 0 Å². The highest BCUT2D eigenvalue weighted by molar-refractivity contribution is 6.59. The highest BCUT2D eigenvalue weighted by Crippen LogP contribution is 2.11. The standard InChI is InChI=1S/C11H17BO4/c1-3-9-5-6-10(16-8-15-4-2)7-11(9)12(13)14/h5-7,13-14H,3-4,8H2,1-2H3. The number of ether oxygens (including phenoxy) is 2. The fourth-order valence-electron chi connectivity index (χ4n) is 1.42. The van der Waals surface area contributed by atoms with Crippen LogP contribution in [0.15, 0.2) is 18.2 Å². The summed E-state index contributed by atoms with van der Waals surface area (Å²) in [5, 5.41) is 18.4. The van der Waals surface area contributed by atoms with Gasteiger partial charge in [-0.25, -0.2) is 0 Å². The molecule has 5 heteroatoms. The molecule has 0 radical (unpaired) electrons. The molecule has 0 aromatic heterocycles. The number of hydrogen-bond donors (Lipinski definition) is 2. The average Bonchev–Trinajstić information content (AvgIpc) is 2.29. The van der Waals surface area contributed by atoms with E-state index in [1.165, 1.54) is 0 Å². The van der Waals surface area contributed by atoms with E-state index in [1.807, 2.05) is 19.9 Å². The summed E-state index contributed by atoms with van der Waals surface area (Å²) in [4.78, 5) is 0. The molecule has 4 nitrogen and oxygen atoms in total. The monoisotopic (exact) mass is 224 g/mol. The van der Waals surface area contributed by atoms with Crippen molar-refractivity contribution in [3.05, 3.63) is 23.8 Å². The van der Waals surface area contributed by atoms with Crippen LogP contribution >= 0.6 is 0 Å². The molecule has 0 aliphatic carbocycles. The SMILES string of the molecule is CCOCOc1ccc(CC)c(B(O)O)c1. The van der Waals surface area contributed by atoms with Gasteiger partial charge in [0.1, 0.15) is 5.75 Å². The lowest BCUT2D eigenvalue weighted by atomic mass is 9.76. The van der Waals surface area contributed by atoms with Crippen molar-refractivity contribution in [3.63, 3.8) is 0 Å². The van der Waals surface area contributed by atoms with Crippen LogP contribution in [0.1, 0.15) is 19.4 Å². The minimum absolute atomic E-state index is 0.170. The van der Waals surface area contributed by atoms with Gasteiger partial charge in [0, 0.05) is 6.61 Å². The van der Waals surface area contributed by atoms with Crippen molar-refractivity contribution < 1.29 is 19.5 Å². The number of aryl methyl sites for hydroxylation is 1. The van der Waals surface area contributed by atoms with Crippen molar-refractivity contribution in [1.82, 2.24) is 0 Å². The second kappa shape index (κ2) is 6.53. The van der Waals surface area contributed by atoms with Crippen molar-refractivity contribution in [2.24, 2.45) is 0 Å². The van der Waals surface area contributed by atoms with Gasteiger partial charge in [-0.15, -0.1) is 0 Å².